The minimum Gasteiger partial charge on any atom is -0.497 e. The second kappa shape index (κ2) is 14.7. The summed E-state index contributed by atoms with van der Waals surface area (Å²) in [4.78, 5) is 12.6. The average Bonchev–Trinajstić information content (AvgIpc) is 3.35. The molecule has 6 nitrogen and oxygen atoms in total. The summed E-state index contributed by atoms with van der Waals surface area (Å²) in [5, 5.41) is 0.993. The van der Waals surface area contributed by atoms with Crippen LogP contribution in [-0.2, 0) is 6.61 Å². The zero-order chi connectivity index (χ0) is 25.7. The third-order valence-corrected chi connectivity index (χ3v) is 4.37. The topological polar surface area (TPSA) is 71.0 Å². The van der Waals surface area contributed by atoms with Gasteiger partial charge in [0.1, 0.15) is 29.3 Å². The molecule has 0 aliphatic rings. The predicted octanol–water partition coefficient (Wildman–Crippen LogP) is 7.91. The fourth-order valence-corrected chi connectivity index (χ4v) is 3.11. The van der Waals surface area contributed by atoms with E-state index in [0.717, 1.165) is 11.3 Å². The molecule has 0 aliphatic heterocycles. The van der Waals surface area contributed by atoms with Crippen LogP contribution in [0.25, 0.3) is 21.9 Å². The van der Waals surface area contributed by atoms with Gasteiger partial charge in [-0.05, 0) is 30.7 Å². The van der Waals surface area contributed by atoms with E-state index in [4.69, 9.17) is 23.0 Å². The fourth-order valence-electron chi connectivity index (χ4n) is 3.11. The molecule has 4 rings (SSSR count). The van der Waals surface area contributed by atoms with E-state index in [2.05, 4.69) is 13.8 Å². The summed E-state index contributed by atoms with van der Waals surface area (Å²) in [5.74, 6) is 2.04. The lowest BCUT2D eigenvalue weighted by Gasteiger charge is -2.13. The molecule has 0 N–H and O–H groups in total. The lowest BCUT2D eigenvalue weighted by Crippen LogP contribution is -2.05. The number of ether oxygens (including phenoxy) is 3. The van der Waals surface area contributed by atoms with Crippen molar-refractivity contribution in [2.75, 3.05) is 14.2 Å². The van der Waals surface area contributed by atoms with Gasteiger partial charge >= 0.3 is 0 Å². The second-order valence-corrected chi connectivity index (χ2v) is 6.80. The molecule has 4 aromatic rings. The highest BCUT2D eigenvalue weighted by molar-refractivity contribution is 6.06. The highest BCUT2D eigenvalue weighted by Crippen LogP contribution is 2.42. The largest absolute Gasteiger partial charge is 0.497 e. The molecule has 2 aromatic carbocycles. The summed E-state index contributed by atoms with van der Waals surface area (Å²) in [7, 11) is 3.13. The van der Waals surface area contributed by atoms with Crippen LogP contribution >= 0.6 is 0 Å². The first-order valence-corrected chi connectivity index (χ1v) is 11.8. The quantitative estimate of drug-likeness (QED) is 0.295. The Balaban J connectivity index is 0.000000750. The van der Waals surface area contributed by atoms with Crippen molar-refractivity contribution in [3.63, 3.8) is 0 Å². The number of aryl methyl sites for hydroxylation is 1. The molecule has 0 amide bonds. The van der Waals surface area contributed by atoms with Gasteiger partial charge in [-0.15, -0.1) is 0 Å². The van der Waals surface area contributed by atoms with Gasteiger partial charge in [0.05, 0.1) is 25.9 Å². The third-order valence-electron chi connectivity index (χ3n) is 4.37. The molecule has 0 aliphatic carbocycles. The number of benzene rings is 2. The van der Waals surface area contributed by atoms with Gasteiger partial charge in [-0.3, -0.25) is 4.79 Å². The molecule has 0 saturated carbocycles. The van der Waals surface area contributed by atoms with Crippen LogP contribution in [0.5, 0.6) is 17.2 Å². The smallest absolute Gasteiger partial charge is 0.206 e. The Morgan fingerprint density at radius 1 is 0.853 bits per heavy atom. The van der Waals surface area contributed by atoms with Crippen molar-refractivity contribution in [3.8, 4) is 17.2 Å². The van der Waals surface area contributed by atoms with Gasteiger partial charge in [0.2, 0.25) is 5.75 Å². The van der Waals surface area contributed by atoms with Gasteiger partial charge in [-0.25, -0.2) is 0 Å². The molecule has 6 heteroatoms. The highest BCUT2D eigenvalue weighted by atomic mass is 16.5. The molecule has 0 bridgehead atoms. The molecule has 0 unspecified atom stereocenters. The molecule has 186 valence electrons. The van der Waals surface area contributed by atoms with Crippen LogP contribution in [0.2, 0.25) is 0 Å². The van der Waals surface area contributed by atoms with E-state index < -0.39 is 0 Å². The van der Waals surface area contributed by atoms with Gasteiger partial charge in [-0.1, -0.05) is 60.1 Å². The van der Waals surface area contributed by atoms with Crippen molar-refractivity contribution < 1.29 is 23.0 Å². The minimum absolute atomic E-state index is 0.192. The number of fused-ring (bicyclic) bond motifs is 2. The van der Waals surface area contributed by atoms with Gasteiger partial charge in [0.15, 0.2) is 16.6 Å². The van der Waals surface area contributed by atoms with Crippen molar-refractivity contribution in [2.24, 2.45) is 0 Å². The number of hydrogen-bond acceptors (Lipinski definition) is 6. The normalized spacial score (nSPS) is 9.68. The first-order valence-electron chi connectivity index (χ1n) is 11.8. The molecule has 34 heavy (non-hydrogen) atoms. The number of furan rings is 1. The Hall–Kier alpha value is -3.41. The van der Waals surface area contributed by atoms with Crippen LogP contribution in [-0.4, -0.2) is 14.2 Å². The fraction of sp³-hybridized carbons (Fsp3) is 0.393. The van der Waals surface area contributed by atoms with Crippen LogP contribution in [0.1, 0.15) is 59.3 Å². The maximum atomic E-state index is 12.6. The average molecular weight is 471 g/mol. The number of hydrogen-bond donors (Lipinski definition) is 0. The zero-order valence-electron chi connectivity index (χ0n) is 21.9. The Bertz CT molecular complexity index is 1190. The van der Waals surface area contributed by atoms with E-state index in [1.807, 2.05) is 52.0 Å². The molecule has 2 aromatic heterocycles. The first kappa shape index (κ1) is 28.6. The van der Waals surface area contributed by atoms with E-state index in [1.54, 1.807) is 20.1 Å². The Morgan fingerprint density at radius 3 is 2.03 bits per heavy atom. The second-order valence-electron chi connectivity index (χ2n) is 6.80. The molecular formula is C28H38O6. The molecule has 0 fully saturated rings. The highest BCUT2D eigenvalue weighted by Gasteiger charge is 2.22. The van der Waals surface area contributed by atoms with Gasteiger partial charge < -0.3 is 23.0 Å². The molecule has 0 saturated heterocycles. The van der Waals surface area contributed by atoms with Crippen LogP contribution < -0.4 is 19.6 Å². The van der Waals surface area contributed by atoms with Crippen molar-refractivity contribution in [1.82, 2.24) is 0 Å². The van der Waals surface area contributed by atoms with Crippen LogP contribution in [0.15, 0.2) is 56.3 Å². The van der Waals surface area contributed by atoms with E-state index in [0.29, 0.717) is 39.2 Å². The van der Waals surface area contributed by atoms with Crippen molar-refractivity contribution in [1.29, 1.82) is 0 Å². The van der Waals surface area contributed by atoms with Crippen LogP contribution in [0.4, 0.5) is 0 Å². The van der Waals surface area contributed by atoms with E-state index in [9.17, 15) is 4.79 Å². The molecule has 2 heterocycles. The molecule has 0 radical (unpaired) electrons. The maximum Gasteiger partial charge on any atom is 0.206 e. The summed E-state index contributed by atoms with van der Waals surface area (Å²) in [6.07, 6.45) is 2.78. The molecule has 0 atom stereocenters. The Labute approximate surface area is 202 Å². The summed E-state index contributed by atoms with van der Waals surface area (Å²) in [5.41, 5.74) is 1.53. The number of rotatable bonds is 5. The third kappa shape index (κ3) is 6.56. The first-order chi connectivity index (χ1) is 16.5. The summed E-state index contributed by atoms with van der Waals surface area (Å²) in [6.45, 7) is 14.2. The molecular weight excluding hydrogens is 432 g/mol. The van der Waals surface area contributed by atoms with Crippen molar-refractivity contribution in [3.05, 3.63) is 64.2 Å². The standard InChI is InChI=1S/C21H18O6.C3H8.2C2H6/c1-12-10-16(22)17-18(24-3)15-8-9-25-19(15)21(20(17)27-12)26-11-13-4-6-14(23-2)7-5-13;1-3-2;2*1-2/h4-10H,11H2,1-3H3;3H2,1-2H3;2*1-2H3. The van der Waals surface area contributed by atoms with Crippen molar-refractivity contribution in [2.45, 2.75) is 61.5 Å². The monoisotopic (exact) mass is 470 g/mol. The minimum atomic E-state index is -0.192. The van der Waals surface area contributed by atoms with Crippen LogP contribution in [0.3, 0.4) is 0 Å². The van der Waals surface area contributed by atoms with Crippen LogP contribution in [0, 0.1) is 6.92 Å². The maximum absolute atomic E-state index is 12.6. The van der Waals surface area contributed by atoms with Gasteiger partial charge in [-0.2, -0.15) is 0 Å². The Kier molecular flexibility index (Phi) is 12.4. The Morgan fingerprint density at radius 2 is 1.47 bits per heavy atom. The summed E-state index contributed by atoms with van der Waals surface area (Å²) < 4.78 is 28.1. The van der Waals surface area contributed by atoms with E-state index >= 15 is 0 Å². The SMILES string of the molecule is CC.CC.CCC.COc1ccc(COc2c3occc3c(OC)c3c(=O)cc(C)oc23)cc1. The summed E-state index contributed by atoms with van der Waals surface area (Å²) >= 11 is 0. The zero-order valence-corrected chi connectivity index (χ0v) is 21.9. The lowest BCUT2D eigenvalue weighted by molar-refractivity contribution is 0.302. The van der Waals surface area contributed by atoms with Crippen molar-refractivity contribution >= 4 is 21.9 Å². The summed E-state index contributed by atoms with van der Waals surface area (Å²) in [6, 6.07) is 10.7. The van der Waals surface area contributed by atoms with Gasteiger partial charge in [0, 0.05) is 6.07 Å². The van der Waals surface area contributed by atoms with Gasteiger partial charge in [0.25, 0.3) is 0 Å². The predicted molar refractivity (Wildman–Crippen MR) is 140 cm³/mol. The number of methoxy groups -OCH3 is 2. The lowest BCUT2D eigenvalue weighted by atomic mass is 10.1. The molecule has 0 spiro atoms. The van der Waals surface area contributed by atoms with E-state index in [1.165, 1.54) is 25.9 Å². The van der Waals surface area contributed by atoms with E-state index in [-0.39, 0.29) is 12.0 Å².